The van der Waals surface area contributed by atoms with Crippen LogP contribution >= 0.6 is 0 Å². The molecule has 2 nitrogen and oxygen atoms in total. The third-order valence-electron chi connectivity index (χ3n) is 7.96. The average Bonchev–Trinajstić information content (AvgIpc) is 3.65. The molecule has 0 spiro atoms. The van der Waals surface area contributed by atoms with Crippen LogP contribution in [0.4, 0.5) is 5.69 Å². The summed E-state index contributed by atoms with van der Waals surface area (Å²) in [5.41, 5.74) is 8.51. The molecule has 0 bridgehead atoms. The van der Waals surface area contributed by atoms with Gasteiger partial charge in [-0.05, 0) is 42.5 Å². The summed E-state index contributed by atoms with van der Waals surface area (Å²) < 4.78 is 0. The Balaban J connectivity index is -0.000000609. The van der Waals surface area contributed by atoms with Gasteiger partial charge >= 0.3 is 17.1 Å². The van der Waals surface area contributed by atoms with Crippen LogP contribution in [0.3, 0.4) is 0 Å². The molecule has 0 radical (unpaired) electrons. The number of para-hydroxylation sites is 1. The molecular weight excluding hydrogens is 743 g/mol. The van der Waals surface area contributed by atoms with Crippen LogP contribution in [0.5, 0.6) is 0 Å². The van der Waals surface area contributed by atoms with Gasteiger partial charge in [-0.1, -0.05) is 145 Å². The van der Waals surface area contributed by atoms with Gasteiger partial charge in [-0.3, -0.25) is 4.98 Å². The Kier molecular flexibility index (Phi) is 28.1. The van der Waals surface area contributed by atoms with E-state index >= 15 is 0 Å². The second-order valence-corrected chi connectivity index (χ2v) is 11.5. The predicted molar refractivity (Wildman–Crippen MR) is 191 cm³/mol. The summed E-state index contributed by atoms with van der Waals surface area (Å²) in [6.07, 6.45) is 13.6. The van der Waals surface area contributed by atoms with Crippen molar-refractivity contribution in [2.45, 2.75) is 117 Å². The van der Waals surface area contributed by atoms with Crippen molar-refractivity contribution >= 4 is 5.69 Å². The minimum Gasteiger partial charge on any atom is -0.673 e. The number of aromatic nitrogens is 1. The van der Waals surface area contributed by atoms with Gasteiger partial charge in [0.25, 0.3) is 0 Å². The van der Waals surface area contributed by atoms with Gasteiger partial charge in [0, 0.05) is 37.2 Å². The largest absolute Gasteiger partial charge is 2.00 e. The van der Waals surface area contributed by atoms with Crippen LogP contribution in [0, 0.1) is 43.1 Å². The van der Waals surface area contributed by atoms with Gasteiger partial charge in [0.15, 0.2) is 0 Å². The molecular formula is C40H62FeHfN2-4. The van der Waals surface area contributed by atoms with Crippen LogP contribution in [0.25, 0.3) is 5.32 Å². The minimum atomic E-state index is -0.116. The van der Waals surface area contributed by atoms with Gasteiger partial charge in [0.2, 0.25) is 0 Å². The maximum Gasteiger partial charge on any atom is 2.00 e. The molecule has 2 atom stereocenters. The van der Waals surface area contributed by atoms with Crippen molar-refractivity contribution in [2.75, 3.05) is 0 Å². The zero-order chi connectivity index (χ0) is 26.2. The third kappa shape index (κ3) is 13.3. The average molecular weight is 805 g/mol. The van der Waals surface area contributed by atoms with E-state index in [-0.39, 0.29) is 86.1 Å². The van der Waals surface area contributed by atoms with Crippen molar-refractivity contribution in [3.63, 3.8) is 0 Å². The molecule has 1 aromatic heterocycles. The number of aryl methyl sites for hydroxylation is 1. The fraction of sp³-hybridized carbons (Fsp3) is 0.450. The van der Waals surface area contributed by atoms with Gasteiger partial charge in [-0.2, -0.15) is 6.42 Å². The van der Waals surface area contributed by atoms with Gasteiger partial charge in [0.05, 0.1) is 0 Å². The molecule has 2 aliphatic carbocycles. The second kappa shape index (κ2) is 24.9. The maximum atomic E-state index is 5.50. The summed E-state index contributed by atoms with van der Waals surface area (Å²) in [5.74, 6) is 1.30. The van der Waals surface area contributed by atoms with Crippen molar-refractivity contribution in [3.8, 4) is 0 Å². The molecule has 2 unspecified atom stereocenters. The van der Waals surface area contributed by atoms with E-state index in [0.717, 1.165) is 11.4 Å². The summed E-state index contributed by atoms with van der Waals surface area (Å²) in [6, 6.07) is 21.7. The number of nitrogens with zero attached hydrogens (tertiary/aromatic N) is 2. The molecule has 3 aromatic rings. The molecule has 4 heteroatoms. The predicted octanol–water partition coefficient (Wildman–Crippen LogP) is 13.3. The van der Waals surface area contributed by atoms with Crippen LogP contribution < -0.4 is 0 Å². The quantitative estimate of drug-likeness (QED) is 0.173. The zero-order valence-corrected chi connectivity index (χ0v) is 33.3. The van der Waals surface area contributed by atoms with E-state index in [1.54, 1.807) is 0 Å². The molecule has 1 heterocycles. The first kappa shape index (κ1) is 49.7. The first-order chi connectivity index (χ1) is 18.0. The Morgan fingerprint density at radius 1 is 0.705 bits per heavy atom. The standard InChI is InChI=1S/C30H36N2.C5H10.CH4.4CH3.Fe.Hf/c1-20(2)24-16-10-17-25(21(3)4)29(24)32-30(26-15-9-6-12-22(26)5)28-19-11-18-27(31-28)23-13-7-8-14-23;1-2-4-5-3-1;;;;;;;/h6,9-13,15-21,23,30H,7-8,14H2,1-5H3;1-5H2;1H4;4*1H3;;/q-2;;;4*-1;+2;. The summed E-state index contributed by atoms with van der Waals surface area (Å²) in [6.45, 7) is 11.2. The molecule has 248 valence electrons. The van der Waals surface area contributed by atoms with Crippen molar-refractivity contribution in [2.24, 2.45) is 0 Å². The molecule has 44 heavy (non-hydrogen) atoms. The van der Waals surface area contributed by atoms with Crippen LogP contribution in [-0.2, 0) is 42.9 Å². The second-order valence-electron chi connectivity index (χ2n) is 11.5. The smallest absolute Gasteiger partial charge is 0.673 e. The van der Waals surface area contributed by atoms with E-state index in [1.165, 1.54) is 79.3 Å². The zero-order valence-electron chi connectivity index (χ0n) is 28.6. The fourth-order valence-corrected chi connectivity index (χ4v) is 5.73. The molecule has 2 fully saturated rings. The SMILES string of the molecule is C.C1CCCC1.Cc1ccccc1C([N-]c1c(C(C)C)cccc1C(C)C)c1cccc(C2[CH-]CCC2)n1.[CH3-].[CH3-].[CH3-].[CH3-].[Fe+2].[Hf]. The molecule has 0 amide bonds. The molecule has 0 aliphatic heterocycles. The molecule has 0 N–H and O–H groups in total. The van der Waals surface area contributed by atoms with Crippen LogP contribution in [0.2, 0.25) is 0 Å². The molecule has 2 aromatic carbocycles. The van der Waals surface area contributed by atoms with E-state index < -0.39 is 0 Å². The Labute approximate surface area is 304 Å². The summed E-state index contributed by atoms with van der Waals surface area (Å²) in [5, 5.41) is 5.50. The van der Waals surface area contributed by atoms with E-state index in [2.05, 4.69) is 102 Å². The van der Waals surface area contributed by atoms with Crippen molar-refractivity contribution in [3.05, 3.63) is 136 Å². The summed E-state index contributed by atoms with van der Waals surface area (Å²) in [4.78, 5) is 5.19. The first-order valence-corrected chi connectivity index (χ1v) is 14.6. The number of hydrogen-bond donors (Lipinski definition) is 0. The summed E-state index contributed by atoms with van der Waals surface area (Å²) >= 11 is 0. The Bertz CT molecular complexity index is 1100. The Hall–Kier alpha value is -1.22. The van der Waals surface area contributed by atoms with Crippen LogP contribution in [0.15, 0.2) is 60.7 Å². The van der Waals surface area contributed by atoms with Crippen LogP contribution in [-0.4, -0.2) is 4.98 Å². The number of benzene rings is 2. The number of pyridine rings is 1. The van der Waals surface area contributed by atoms with Gasteiger partial charge in [-0.25, -0.2) is 0 Å². The van der Waals surface area contributed by atoms with E-state index in [0.29, 0.717) is 17.8 Å². The first-order valence-electron chi connectivity index (χ1n) is 14.6. The minimum absolute atomic E-state index is 0. The van der Waals surface area contributed by atoms with Gasteiger partial charge in [0.1, 0.15) is 0 Å². The maximum absolute atomic E-state index is 5.50. The number of hydrogen-bond acceptors (Lipinski definition) is 1. The molecule has 2 saturated carbocycles. The van der Waals surface area contributed by atoms with E-state index in [1.807, 2.05) is 0 Å². The normalized spacial score (nSPS) is 15.2. The molecule has 0 saturated heterocycles. The Morgan fingerprint density at radius 3 is 1.68 bits per heavy atom. The summed E-state index contributed by atoms with van der Waals surface area (Å²) in [7, 11) is 0. The van der Waals surface area contributed by atoms with E-state index in [9.17, 15) is 0 Å². The van der Waals surface area contributed by atoms with Gasteiger partial charge < -0.3 is 41.4 Å². The monoisotopic (exact) mass is 806 g/mol. The van der Waals surface area contributed by atoms with Crippen molar-refractivity contribution in [1.82, 2.24) is 4.98 Å². The van der Waals surface area contributed by atoms with Crippen molar-refractivity contribution < 1.29 is 42.9 Å². The number of rotatable bonds is 7. The molecule has 5 rings (SSSR count). The topological polar surface area (TPSA) is 27.0 Å². The van der Waals surface area contributed by atoms with Crippen molar-refractivity contribution in [1.29, 1.82) is 0 Å². The van der Waals surface area contributed by atoms with E-state index in [4.69, 9.17) is 10.3 Å². The molecule has 2 aliphatic rings. The fourth-order valence-electron chi connectivity index (χ4n) is 5.73. The Morgan fingerprint density at radius 2 is 1.20 bits per heavy atom. The van der Waals surface area contributed by atoms with Gasteiger partial charge in [-0.15, -0.1) is 11.6 Å². The van der Waals surface area contributed by atoms with Crippen LogP contribution in [0.1, 0.15) is 144 Å². The third-order valence-corrected chi connectivity index (χ3v) is 7.96.